The molecule has 0 saturated heterocycles. The van der Waals surface area contributed by atoms with E-state index in [0.717, 1.165) is 13.1 Å². The minimum absolute atomic E-state index is 0.959. The number of hydrogen-bond acceptors (Lipinski definition) is 1. The highest BCUT2D eigenvalue weighted by molar-refractivity contribution is 5.65. The summed E-state index contributed by atoms with van der Waals surface area (Å²) in [4.78, 5) is 0. The maximum atomic E-state index is 3.43. The Labute approximate surface area is 116 Å². The lowest BCUT2D eigenvalue weighted by atomic mass is 10.00. The molecule has 2 aromatic carbocycles. The molecule has 0 fully saturated rings. The van der Waals surface area contributed by atoms with E-state index in [1.807, 2.05) is 0 Å². The van der Waals surface area contributed by atoms with E-state index in [0.29, 0.717) is 0 Å². The Hall–Kier alpha value is -1.60. The van der Waals surface area contributed by atoms with Crippen molar-refractivity contribution >= 4 is 0 Å². The summed E-state index contributed by atoms with van der Waals surface area (Å²) in [5.41, 5.74) is 6.60. The van der Waals surface area contributed by atoms with E-state index in [2.05, 4.69) is 68.6 Å². The first-order chi connectivity index (χ1) is 9.19. The molecule has 0 heterocycles. The van der Waals surface area contributed by atoms with Crippen LogP contribution in [0.5, 0.6) is 0 Å². The van der Waals surface area contributed by atoms with Gasteiger partial charge in [-0.3, -0.25) is 0 Å². The number of benzene rings is 2. The topological polar surface area (TPSA) is 12.0 Å². The van der Waals surface area contributed by atoms with Crippen LogP contribution < -0.4 is 5.32 Å². The summed E-state index contributed by atoms with van der Waals surface area (Å²) < 4.78 is 0. The van der Waals surface area contributed by atoms with E-state index in [1.54, 1.807) is 0 Å². The minimum Gasteiger partial charge on any atom is -0.313 e. The van der Waals surface area contributed by atoms with Gasteiger partial charge in [0.15, 0.2) is 0 Å². The third-order valence-electron chi connectivity index (χ3n) is 3.26. The van der Waals surface area contributed by atoms with Gasteiger partial charge in [0.2, 0.25) is 0 Å². The molecule has 1 nitrogen and oxygen atoms in total. The van der Waals surface area contributed by atoms with E-state index >= 15 is 0 Å². The molecule has 1 N–H and O–H groups in total. The largest absolute Gasteiger partial charge is 0.313 e. The molecule has 0 radical (unpaired) electrons. The lowest BCUT2D eigenvalue weighted by molar-refractivity contribution is 0.675. The van der Waals surface area contributed by atoms with E-state index < -0.39 is 0 Å². The molecule has 100 valence electrons. The van der Waals surface area contributed by atoms with Crippen LogP contribution in [0, 0.1) is 13.8 Å². The first-order valence-electron chi connectivity index (χ1n) is 7.07. The van der Waals surface area contributed by atoms with Crippen LogP contribution in [0.25, 0.3) is 11.1 Å². The summed E-state index contributed by atoms with van der Waals surface area (Å²) in [6.07, 6.45) is 1.18. The summed E-state index contributed by atoms with van der Waals surface area (Å²) in [6.45, 7) is 8.54. The first-order valence-corrected chi connectivity index (χ1v) is 7.07. The summed E-state index contributed by atoms with van der Waals surface area (Å²) in [5, 5.41) is 3.43. The summed E-state index contributed by atoms with van der Waals surface area (Å²) in [5.74, 6) is 0. The number of hydrogen-bond donors (Lipinski definition) is 1. The van der Waals surface area contributed by atoms with E-state index in [1.165, 1.54) is 34.2 Å². The van der Waals surface area contributed by atoms with Crippen molar-refractivity contribution in [3.8, 4) is 11.1 Å². The molecule has 0 aliphatic heterocycles. The smallest absolute Gasteiger partial charge is 0.0205 e. The summed E-state index contributed by atoms with van der Waals surface area (Å²) >= 11 is 0. The molecular weight excluding hydrogens is 230 g/mol. The van der Waals surface area contributed by atoms with Gasteiger partial charge in [-0.25, -0.2) is 0 Å². The molecule has 0 aliphatic carbocycles. The fourth-order valence-electron chi connectivity index (χ4n) is 2.37. The average Bonchev–Trinajstić information content (AvgIpc) is 2.39. The Kier molecular flexibility index (Phi) is 4.75. The van der Waals surface area contributed by atoms with Crippen molar-refractivity contribution in [1.82, 2.24) is 5.32 Å². The normalized spacial score (nSPS) is 10.7. The molecule has 0 unspecified atom stereocenters. The Bertz CT molecular complexity index is 506. The van der Waals surface area contributed by atoms with Gasteiger partial charge in [0.05, 0.1) is 0 Å². The van der Waals surface area contributed by atoms with Gasteiger partial charge in [0, 0.05) is 6.54 Å². The number of nitrogens with one attached hydrogen (secondary N) is 1. The van der Waals surface area contributed by atoms with Gasteiger partial charge in [-0.1, -0.05) is 60.5 Å². The monoisotopic (exact) mass is 253 g/mol. The predicted molar refractivity (Wildman–Crippen MR) is 83.3 cm³/mol. The van der Waals surface area contributed by atoms with Crippen LogP contribution in [0.3, 0.4) is 0 Å². The predicted octanol–water partition coefficient (Wildman–Crippen LogP) is 4.47. The van der Waals surface area contributed by atoms with Gasteiger partial charge in [-0.2, -0.15) is 0 Å². The van der Waals surface area contributed by atoms with Gasteiger partial charge in [0.1, 0.15) is 0 Å². The van der Waals surface area contributed by atoms with Crippen LogP contribution >= 0.6 is 0 Å². The number of rotatable bonds is 5. The highest BCUT2D eigenvalue weighted by atomic mass is 14.8. The second-order valence-corrected chi connectivity index (χ2v) is 5.25. The van der Waals surface area contributed by atoms with Gasteiger partial charge < -0.3 is 5.32 Å². The third-order valence-corrected chi connectivity index (χ3v) is 3.26. The van der Waals surface area contributed by atoms with Crippen molar-refractivity contribution in [3.05, 3.63) is 59.2 Å². The maximum Gasteiger partial charge on any atom is 0.0205 e. The summed E-state index contributed by atoms with van der Waals surface area (Å²) in [7, 11) is 0. The first kappa shape index (κ1) is 13.8. The molecular formula is C18H23N. The molecule has 0 bridgehead atoms. The lowest BCUT2D eigenvalue weighted by Gasteiger charge is -2.07. The fourth-order valence-corrected chi connectivity index (χ4v) is 2.37. The second kappa shape index (κ2) is 6.53. The highest BCUT2D eigenvalue weighted by Crippen LogP contribution is 2.22. The molecule has 0 aliphatic rings. The Morgan fingerprint density at radius 3 is 2.05 bits per heavy atom. The van der Waals surface area contributed by atoms with Crippen molar-refractivity contribution in [2.24, 2.45) is 0 Å². The van der Waals surface area contributed by atoms with E-state index in [4.69, 9.17) is 0 Å². The number of aryl methyl sites for hydroxylation is 2. The molecule has 19 heavy (non-hydrogen) atoms. The summed E-state index contributed by atoms with van der Waals surface area (Å²) in [6, 6.07) is 15.6. The zero-order valence-electron chi connectivity index (χ0n) is 12.2. The minimum atomic E-state index is 0.959. The van der Waals surface area contributed by atoms with Crippen molar-refractivity contribution < 1.29 is 0 Å². The fraction of sp³-hybridized carbons (Fsp3) is 0.333. The Balaban J connectivity index is 2.13. The standard InChI is InChI=1S/C18H23N/c1-4-9-19-13-16-5-7-17(8-6-16)18-11-14(2)10-15(3)12-18/h5-8,10-12,19H,4,9,13H2,1-3H3. The zero-order chi connectivity index (χ0) is 13.7. The molecule has 0 atom stereocenters. The van der Waals surface area contributed by atoms with Crippen LogP contribution in [0.4, 0.5) is 0 Å². The maximum absolute atomic E-state index is 3.43. The quantitative estimate of drug-likeness (QED) is 0.775. The van der Waals surface area contributed by atoms with E-state index in [9.17, 15) is 0 Å². The van der Waals surface area contributed by atoms with Gasteiger partial charge in [-0.15, -0.1) is 0 Å². The van der Waals surface area contributed by atoms with Crippen molar-refractivity contribution in [2.45, 2.75) is 33.7 Å². The van der Waals surface area contributed by atoms with Crippen LogP contribution in [-0.4, -0.2) is 6.54 Å². The molecule has 0 saturated carbocycles. The molecule has 2 aromatic rings. The lowest BCUT2D eigenvalue weighted by Crippen LogP contribution is -2.13. The van der Waals surface area contributed by atoms with Crippen molar-refractivity contribution in [2.75, 3.05) is 6.54 Å². The molecule has 0 amide bonds. The molecule has 0 aromatic heterocycles. The van der Waals surface area contributed by atoms with Gasteiger partial charge in [-0.05, 0) is 43.5 Å². The Morgan fingerprint density at radius 1 is 0.842 bits per heavy atom. The SMILES string of the molecule is CCCNCc1ccc(-c2cc(C)cc(C)c2)cc1. The van der Waals surface area contributed by atoms with Crippen LogP contribution in [-0.2, 0) is 6.54 Å². The highest BCUT2D eigenvalue weighted by Gasteiger charge is 2.00. The van der Waals surface area contributed by atoms with Crippen molar-refractivity contribution in [3.63, 3.8) is 0 Å². The van der Waals surface area contributed by atoms with Crippen LogP contribution in [0.2, 0.25) is 0 Å². The Morgan fingerprint density at radius 2 is 1.47 bits per heavy atom. The second-order valence-electron chi connectivity index (χ2n) is 5.25. The van der Waals surface area contributed by atoms with Crippen LogP contribution in [0.1, 0.15) is 30.0 Å². The van der Waals surface area contributed by atoms with Crippen molar-refractivity contribution in [1.29, 1.82) is 0 Å². The molecule has 2 rings (SSSR count). The third kappa shape index (κ3) is 3.93. The van der Waals surface area contributed by atoms with Gasteiger partial charge >= 0.3 is 0 Å². The van der Waals surface area contributed by atoms with E-state index in [-0.39, 0.29) is 0 Å². The molecule has 0 spiro atoms. The zero-order valence-corrected chi connectivity index (χ0v) is 12.2. The van der Waals surface area contributed by atoms with Crippen LogP contribution in [0.15, 0.2) is 42.5 Å². The molecule has 1 heteroatoms. The van der Waals surface area contributed by atoms with Gasteiger partial charge in [0.25, 0.3) is 0 Å². The average molecular weight is 253 g/mol.